The number of rotatable bonds is 7. The maximum absolute atomic E-state index is 5.54. The summed E-state index contributed by atoms with van der Waals surface area (Å²) in [7, 11) is 3.83. The number of benzene rings is 1. The molecule has 0 fully saturated rings. The standard InChI is InChI=1S/C18H26N4OS/c1-5-23-17-8-6-7-15(11-17)9-10-20-18(19-3)22(4)12-16-13-24-14(2)21-16/h6-8,11,13H,5,9-10,12H2,1-4H3,(H,19,20). The smallest absolute Gasteiger partial charge is 0.193 e. The van der Waals surface area contributed by atoms with Crippen LogP contribution in [-0.2, 0) is 13.0 Å². The molecule has 1 aromatic carbocycles. The molecule has 0 saturated heterocycles. The van der Waals surface area contributed by atoms with Crippen molar-refractivity contribution in [2.45, 2.75) is 26.8 Å². The van der Waals surface area contributed by atoms with Crippen molar-refractivity contribution < 1.29 is 4.74 Å². The van der Waals surface area contributed by atoms with Gasteiger partial charge in [0.05, 0.1) is 23.9 Å². The quantitative estimate of drug-likeness (QED) is 0.618. The predicted octanol–water partition coefficient (Wildman–Crippen LogP) is 3.10. The minimum atomic E-state index is 0.690. The molecule has 0 bridgehead atoms. The Morgan fingerprint density at radius 1 is 1.42 bits per heavy atom. The van der Waals surface area contributed by atoms with E-state index in [2.05, 4.69) is 37.7 Å². The Balaban J connectivity index is 1.83. The lowest BCUT2D eigenvalue weighted by atomic mass is 10.1. The average molecular weight is 346 g/mol. The second kappa shape index (κ2) is 9.27. The SMILES string of the molecule is CCOc1cccc(CCNC(=NC)N(C)Cc2csc(C)n2)c1. The van der Waals surface area contributed by atoms with Crippen LogP contribution in [0.2, 0.25) is 0 Å². The first-order chi connectivity index (χ1) is 11.6. The van der Waals surface area contributed by atoms with E-state index in [1.165, 1.54) is 5.56 Å². The van der Waals surface area contributed by atoms with Crippen LogP contribution in [0, 0.1) is 6.92 Å². The number of aliphatic imine (C=N–C) groups is 1. The van der Waals surface area contributed by atoms with Gasteiger partial charge < -0.3 is 15.0 Å². The van der Waals surface area contributed by atoms with Crippen molar-refractivity contribution in [1.82, 2.24) is 15.2 Å². The van der Waals surface area contributed by atoms with Gasteiger partial charge in [-0.1, -0.05) is 12.1 Å². The van der Waals surface area contributed by atoms with Crippen molar-refractivity contribution in [3.63, 3.8) is 0 Å². The van der Waals surface area contributed by atoms with E-state index in [1.807, 2.05) is 33.0 Å². The highest BCUT2D eigenvalue weighted by atomic mass is 32.1. The van der Waals surface area contributed by atoms with E-state index < -0.39 is 0 Å². The number of aromatic nitrogens is 1. The van der Waals surface area contributed by atoms with Gasteiger partial charge in [-0.25, -0.2) is 4.98 Å². The maximum Gasteiger partial charge on any atom is 0.193 e. The highest BCUT2D eigenvalue weighted by Gasteiger charge is 2.08. The monoisotopic (exact) mass is 346 g/mol. The van der Waals surface area contributed by atoms with Crippen molar-refractivity contribution in [3.05, 3.63) is 45.9 Å². The zero-order chi connectivity index (χ0) is 17.4. The van der Waals surface area contributed by atoms with E-state index in [-0.39, 0.29) is 0 Å². The molecule has 2 rings (SSSR count). The molecule has 0 amide bonds. The molecule has 1 aromatic heterocycles. The number of ether oxygens (including phenoxy) is 1. The summed E-state index contributed by atoms with van der Waals surface area (Å²) >= 11 is 1.68. The molecule has 24 heavy (non-hydrogen) atoms. The topological polar surface area (TPSA) is 49.8 Å². The highest BCUT2D eigenvalue weighted by Crippen LogP contribution is 2.13. The zero-order valence-electron chi connectivity index (χ0n) is 14.9. The zero-order valence-corrected chi connectivity index (χ0v) is 15.7. The first-order valence-electron chi connectivity index (χ1n) is 8.17. The second-order valence-corrected chi connectivity index (χ2v) is 6.58. The molecule has 0 unspecified atom stereocenters. The second-order valence-electron chi connectivity index (χ2n) is 5.52. The van der Waals surface area contributed by atoms with Gasteiger partial charge in [-0.3, -0.25) is 4.99 Å². The summed E-state index contributed by atoms with van der Waals surface area (Å²) in [5.41, 5.74) is 2.33. The minimum absolute atomic E-state index is 0.690. The molecule has 130 valence electrons. The summed E-state index contributed by atoms with van der Waals surface area (Å²) in [5, 5.41) is 6.60. The number of hydrogen-bond acceptors (Lipinski definition) is 4. The molecule has 0 radical (unpaired) electrons. The maximum atomic E-state index is 5.54. The molecule has 0 spiro atoms. The van der Waals surface area contributed by atoms with Gasteiger partial charge in [0, 0.05) is 26.0 Å². The fourth-order valence-electron chi connectivity index (χ4n) is 2.46. The first-order valence-corrected chi connectivity index (χ1v) is 9.05. The van der Waals surface area contributed by atoms with Crippen LogP contribution in [0.15, 0.2) is 34.6 Å². The molecule has 1 N–H and O–H groups in total. The van der Waals surface area contributed by atoms with E-state index >= 15 is 0 Å². The van der Waals surface area contributed by atoms with Crippen LogP contribution in [0.1, 0.15) is 23.2 Å². The number of nitrogens with zero attached hydrogens (tertiary/aromatic N) is 3. The molecule has 0 aliphatic carbocycles. The molecule has 0 saturated carbocycles. The van der Waals surface area contributed by atoms with Crippen molar-refractivity contribution in [2.24, 2.45) is 4.99 Å². The molecule has 0 aliphatic heterocycles. The van der Waals surface area contributed by atoms with Crippen LogP contribution in [0.3, 0.4) is 0 Å². The lowest BCUT2D eigenvalue weighted by Gasteiger charge is -2.21. The van der Waals surface area contributed by atoms with Crippen LogP contribution in [-0.4, -0.2) is 43.1 Å². The Kier molecular flexibility index (Phi) is 7.06. The third kappa shape index (κ3) is 5.53. The number of guanidine groups is 1. The average Bonchev–Trinajstić information content (AvgIpc) is 2.97. The summed E-state index contributed by atoms with van der Waals surface area (Å²) in [6, 6.07) is 8.24. The largest absolute Gasteiger partial charge is 0.494 e. The van der Waals surface area contributed by atoms with Gasteiger partial charge in [0.1, 0.15) is 5.75 Å². The molecular weight excluding hydrogens is 320 g/mol. The highest BCUT2D eigenvalue weighted by molar-refractivity contribution is 7.09. The van der Waals surface area contributed by atoms with Crippen LogP contribution in [0.4, 0.5) is 0 Å². The van der Waals surface area contributed by atoms with E-state index in [0.29, 0.717) is 6.61 Å². The molecule has 0 atom stereocenters. The first kappa shape index (κ1) is 18.3. The fourth-order valence-corrected chi connectivity index (χ4v) is 3.06. The molecule has 6 heteroatoms. The Morgan fingerprint density at radius 2 is 2.25 bits per heavy atom. The number of aryl methyl sites for hydroxylation is 1. The summed E-state index contributed by atoms with van der Waals surface area (Å²) in [6.45, 7) is 6.29. The van der Waals surface area contributed by atoms with Gasteiger partial charge in [-0.2, -0.15) is 0 Å². The van der Waals surface area contributed by atoms with Crippen LogP contribution in [0.5, 0.6) is 5.75 Å². The van der Waals surface area contributed by atoms with Crippen LogP contribution < -0.4 is 10.1 Å². The van der Waals surface area contributed by atoms with E-state index in [1.54, 1.807) is 18.4 Å². The van der Waals surface area contributed by atoms with Crippen molar-refractivity contribution in [1.29, 1.82) is 0 Å². The summed E-state index contributed by atoms with van der Waals surface area (Å²) in [5.74, 6) is 1.80. The van der Waals surface area contributed by atoms with Crippen molar-refractivity contribution in [3.8, 4) is 5.75 Å². The Bertz CT molecular complexity index is 669. The van der Waals surface area contributed by atoms with Crippen LogP contribution >= 0.6 is 11.3 Å². The van der Waals surface area contributed by atoms with E-state index in [0.717, 1.165) is 41.9 Å². The summed E-state index contributed by atoms with van der Waals surface area (Å²) in [4.78, 5) is 10.9. The van der Waals surface area contributed by atoms with E-state index in [9.17, 15) is 0 Å². The van der Waals surface area contributed by atoms with Gasteiger partial charge in [0.25, 0.3) is 0 Å². The lowest BCUT2D eigenvalue weighted by Crippen LogP contribution is -2.39. The van der Waals surface area contributed by atoms with Crippen LogP contribution in [0.25, 0.3) is 0 Å². The van der Waals surface area contributed by atoms with Gasteiger partial charge in [-0.05, 0) is 38.0 Å². The molecular formula is C18H26N4OS. The molecule has 0 aliphatic rings. The predicted molar refractivity (Wildman–Crippen MR) is 101 cm³/mol. The van der Waals surface area contributed by atoms with Crippen molar-refractivity contribution >= 4 is 17.3 Å². The van der Waals surface area contributed by atoms with Gasteiger partial charge in [0.15, 0.2) is 5.96 Å². The molecule has 5 nitrogen and oxygen atoms in total. The Labute approximate surface area is 148 Å². The van der Waals surface area contributed by atoms with Gasteiger partial charge in [0.2, 0.25) is 0 Å². The molecule has 2 aromatic rings. The Hall–Kier alpha value is -2.08. The molecule has 1 heterocycles. The van der Waals surface area contributed by atoms with E-state index in [4.69, 9.17) is 4.74 Å². The van der Waals surface area contributed by atoms with Crippen molar-refractivity contribution in [2.75, 3.05) is 27.2 Å². The third-order valence-electron chi connectivity index (χ3n) is 3.55. The number of thiazole rings is 1. The Morgan fingerprint density at radius 3 is 2.92 bits per heavy atom. The minimum Gasteiger partial charge on any atom is -0.494 e. The van der Waals surface area contributed by atoms with Gasteiger partial charge >= 0.3 is 0 Å². The third-order valence-corrected chi connectivity index (χ3v) is 4.37. The fraction of sp³-hybridized carbons (Fsp3) is 0.444. The number of nitrogens with one attached hydrogen (secondary N) is 1. The normalized spacial score (nSPS) is 11.4. The number of hydrogen-bond donors (Lipinski definition) is 1. The summed E-state index contributed by atoms with van der Waals surface area (Å²) in [6.07, 6.45) is 0.920. The van der Waals surface area contributed by atoms with Gasteiger partial charge in [-0.15, -0.1) is 11.3 Å². The summed E-state index contributed by atoms with van der Waals surface area (Å²) < 4.78 is 5.54. The lowest BCUT2D eigenvalue weighted by molar-refractivity contribution is 0.340.